The van der Waals surface area contributed by atoms with Crippen molar-refractivity contribution in [1.29, 1.82) is 0 Å². The molecule has 0 aromatic rings. The van der Waals surface area contributed by atoms with E-state index in [-0.39, 0.29) is 0 Å². The van der Waals surface area contributed by atoms with Gasteiger partial charge in [0.1, 0.15) is 5.96 Å². The minimum atomic E-state index is -3.47. The van der Waals surface area contributed by atoms with Crippen LogP contribution in [0, 0.1) is 0 Å². The molecule has 0 aliphatic heterocycles. The Balaban J connectivity index is 3.93. The topological polar surface area (TPSA) is 58.9 Å². The van der Waals surface area contributed by atoms with Crippen LogP contribution in [0.5, 0.6) is 0 Å². The summed E-state index contributed by atoms with van der Waals surface area (Å²) >= 11 is 0. The van der Waals surface area contributed by atoms with E-state index in [4.69, 9.17) is 4.89 Å². The second kappa shape index (κ2) is 2.97. The number of nitrogens with zero attached hydrogens (tertiary/aromatic N) is 1. The molecule has 0 spiro atoms. The zero-order valence-electron chi connectivity index (χ0n) is 4.74. The lowest BCUT2D eigenvalue weighted by molar-refractivity contribution is 0.332. The van der Waals surface area contributed by atoms with Gasteiger partial charge in [-0.15, -0.1) is 0 Å². The zero-order chi connectivity index (χ0) is 6.62. The van der Waals surface area contributed by atoms with Gasteiger partial charge in [-0.05, 0) is 0 Å². The summed E-state index contributed by atoms with van der Waals surface area (Å²) in [6, 6.07) is 0. The first-order valence-corrected chi connectivity index (χ1v) is 3.58. The van der Waals surface area contributed by atoms with Crippen LogP contribution in [-0.4, -0.2) is 25.0 Å². The monoisotopic (exact) mass is 137 g/mol. The molecule has 0 radical (unpaired) electrons. The van der Waals surface area contributed by atoms with Gasteiger partial charge in [-0.1, -0.05) is 0 Å². The highest BCUT2D eigenvalue weighted by Crippen LogP contribution is 2.36. The lowest BCUT2D eigenvalue weighted by Gasteiger charge is -1.98. The van der Waals surface area contributed by atoms with Gasteiger partial charge >= 0.3 is 7.60 Å². The fraction of sp³-hybridized carbons (Fsp3) is 0.667. The summed E-state index contributed by atoms with van der Waals surface area (Å²) < 4.78 is 14.5. The SMILES string of the molecule is CN=CP(=O)(O)OC. The Labute approximate surface area is 47.7 Å². The van der Waals surface area contributed by atoms with Gasteiger partial charge in [0.2, 0.25) is 0 Å². The molecule has 0 fully saturated rings. The van der Waals surface area contributed by atoms with Crippen molar-refractivity contribution >= 4 is 13.6 Å². The van der Waals surface area contributed by atoms with Crippen LogP contribution in [0.2, 0.25) is 0 Å². The Morgan fingerprint density at radius 3 is 2.50 bits per heavy atom. The fourth-order valence-electron chi connectivity index (χ4n) is 0.193. The molecular formula is C3H8NO3P. The molecule has 0 heterocycles. The highest BCUT2D eigenvalue weighted by molar-refractivity contribution is 7.68. The number of hydrogen-bond acceptors (Lipinski definition) is 3. The van der Waals surface area contributed by atoms with E-state index in [1.165, 1.54) is 7.05 Å². The highest BCUT2D eigenvalue weighted by Gasteiger charge is 2.10. The van der Waals surface area contributed by atoms with Gasteiger partial charge in [-0.2, -0.15) is 0 Å². The molecule has 8 heavy (non-hydrogen) atoms. The minimum Gasteiger partial charge on any atom is -0.320 e. The molecule has 1 unspecified atom stereocenters. The van der Waals surface area contributed by atoms with Gasteiger partial charge in [0.05, 0.1) is 0 Å². The summed E-state index contributed by atoms with van der Waals surface area (Å²) in [6.07, 6.45) is 0. The quantitative estimate of drug-likeness (QED) is 0.444. The van der Waals surface area contributed by atoms with Crippen LogP contribution >= 0.6 is 7.60 Å². The van der Waals surface area contributed by atoms with Crippen LogP contribution in [0.15, 0.2) is 4.99 Å². The van der Waals surface area contributed by atoms with Crippen LogP contribution in [0.3, 0.4) is 0 Å². The minimum absolute atomic E-state index is 0.882. The number of aliphatic imine (C=N–C) groups is 1. The predicted octanol–water partition coefficient (Wildman–Crippen LogP) is 0.476. The van der Waals surface area contributed by atoms with E-state index in [1.807, 2.05) is 0 Å². The van der Waals surface area contributed by atoms with Crippen LogP contribution in [0.4, 0.5) is 0 Å². The maximum absolute atomic E-state index is 10.4. The third kappa shape index (κ3) is 2.91. The van der Waals surface area contributed by atoms with Gasteiger partial charge < -0.3 is 9.42 Å². The summed E-state index contributed by atoms with van der Waals surface area (Å²) in [5.41, 5.74) is 0. The first kappa shape index (κ1) is 7.82. The third-order valence-electron chi connectivity index (χ3n) is 0.523. The van der Waals surface area contributed by atoms with Crippen molar-refractivity contribution in [3.05, 3.63) is 0 Å². The van der Waals surface area contributed by atoms with Gasteiger partial charge in [-0.3, -0.25) is 9.56 Å². The van der Waals surface area contributed by atoms with Gasteiger partial charge in [0.25, 0.3) is 0 Å². The van der Waals surface area contributed by atoms with Crippen molar-refractivity contribution < 1.29 is 14.0 Å². The third-order valence-corrected chi connectivity index (χ3v) is 1.57. The second-order valence-electron chi connectivity index (χ2n) is 1.12. The zero-order valence-corrected chi connectivity index (χ0v) is 5.63. The Hall–Kier alpha value is -0.180. The van der Waals surface area contributed by atoms with Crippen LogP contribution < -0.4 is 0 Å². The van der Waals surface area contributed by atoms with Crippen molar-refractivity contribution in [2.45, 2.75) is 0 Å². The van der Waals surface area contributed by atoms with Crippen molar-refractivity contribution in [1.82, 2.24) is 0 Å². The summed E-state index contributed by atoms with van der Waals surface area (Å²) in [5, 5.41) is 0. The normalized spacial score (nSPS) is 18.9. The summed E-state index contributed by atoms with van der Waals surface area (Å²) in [5.74, 6) is 0.882. The molecule has 1 N–H and O–H groups in total. The van der Waals surface area contributed by atoms with Gasteiger partial charge in [0, 0.05) is 14.2 Å². The standard InChI is InChI=1S/C3H8NO3P/c1-4-3-8(5,6)7-2/h3H,1-2H3,(H,5,6). The van der Waals surface area contributed by atoms with Crippen molar-refractivity contribution in [2.75, 3.05) is 14.2 Å². The molecular weight excluding hydrogens is 129 g/mol. The van der Waals surface area contributed by atoms with Crippen LogP contribution in [0.25, 0.3) is 0 Å². The molecule has 0 aromatic carbocycles. The van der Waals surface area contributed by atoms with Crippen molar-refractivity contribution in [3.8, 4) is 0 Å². The van der Waals surface area contributed by atoms with E-state index in [0.717, 1.165) is 13.1 Å². The van der Waals surface area contributed by atoms with E-state index >= 15 is 0 Å². The fourth-order valence-corrected chi connectivity index (χ4v) is 0.579. The van der Waals surface area contributed by atoms with E-state index in [2.05, 4.69) is 9.52 Å². The average Bonchev–Trinajstić information content (AvgIpc) is 1.67. The molecule has 0 amide bonds. The van der Waals surface area contributed by atoms with E-state index in [9.17, 15) is 4.57 Å². The molecule has 0 bridgehead atoms. The van der Waals surface area contributed by atoms with Crippen LogP contribution in [-0.2, 0) is 9.09 Å². The Bertz CT molecular complexity index is 132. The van der Waals surface area contributed by atoms with Crippen molar-refractivity contribution in [3.63, 3.8) is 0 Å². The highest BCUT2D eigenvalue weighted by atomic mass is 31.2. The molecule has 0 saturated carbocycles. The van der Waals surface area contributed by atoms with E-state index in [1.54, 1.807) is 0 Å². The molecule has 0 rings (SSSR count). The Kier molecular flexibility index (Phi) is 2.90. The summed E-state index contributed by atoms with van der Waals surface area (Å²) in [4.78, 5) is 11.8. The molecule has 0 aromatic heterocycles. The molecule has 0 saturated heterocycles. The predicted molar refractivity (Wildman–Crippen MR) is 31.3 cm³/mol. The maximum Gasteiger partial charge on any atom is 0.368 e. The molecule has 5 heteroatoms. The van der Waals surface area contributed by atoms with Crippen LogP contribution in [0.1, 0.15) is 0 Å². The maximum atomic E-state index is 10.4. The van der Waals surface area contributed by atoms with Gasteiger partial charge in [-0.25, -0.2) is 0 Å². The van der Waals surface area contributed by atoms with E-state index < -0.39 is 7.60 Å². The van der Waals surface area contributed by atoms with E-state index in [0.29, 0.717) is 0 Å². The summed E-state index contributed by atoms with van der Waals surface area (Å²) in [6.45, 7) is 0. The molecule has 0 aliphatic carbocycles. The molecule has 0 aliphatic rings. The smallest absolute Gasteiger partial charge is 0.320 e. The lowest BCUT2D eigenvalue weighted by Crippen LogP contribution is -1.82. The average molecular weight is 137 g/mol. The Morgan fingerprint density at radius 1 is 1.88 bits per heavy atom. The largest absolute Gasteiger partial charge is 0.368 e. The molecule has 1 atom stereocenters. The number of rotatable bonds is 2. The van der Waals surface area contributed by atoms with Gasteiger partial charge in [0.15, 0.2) is 0 Å². The first-order valence-electron chi connectivity index (χ1n) is 1.94. The first-order chi connectivity index (χ1) is 3.62. The lowest BCUT2D eigenvalue weighted by atomic mass is 11.4. The molecule has 48 valence electrons. The Morgan fingerprint density at radius 2 is 2.38 bits per heavy atom. The van der Waals surface area contributed by atoms with Crippen molar-refractivity contribution in [2.24, 2.45) is 4.99 Å². The summed E-state index contributed by atoms with van der Waals surface area (Å²) in [7, 11) is -0.905. The molecule has 4 nitrogen and oxygen atoms in total. The second-order valence-corrected chi connectivity index (χ2v) is 2.84. The number of hydrogen-bond donors (Lipinski definition) is 1.